The first-order chi connectivity index (χ1) is 11.1. The molecule has 0 spiro atoms. The van der Waals surface area contributed by atoms with Crippen molar-refractivity contribution < 1.29 is 4.79 Å². The van der Waals surface area contributed by atoms with Gasteiger partial charge in [-0.05, 0) is 17.7 Å². The third kappa shape index (κ3) is 4.88. The molecule has 6 heteroatoms. The highest BCUT2D eigenvalue weighted by molar-refractivity contribution is 6.39. The molecular formula is C17H15Cl2N3O. The maximum Gasteiger partial charge on any atom is 0.322 e. The van der Waals surface area contributed by atoms with Crippen LogP contribution in [0, 0.1) is 11.3 Å². The fourth-order valence-corrected chi connectivity index (χ4v) is 2.54. The maximum absolute atomic E-state index is 12.5. The number of nitriles is 1. The molecule has 0 aliphatic carbocycles. The summed E-state index contributed by atoms with van der Waals surface area (Å²) < 4.78 is 0. The van der Waals surface area contributed by atoms with Gasteiger partial charge in [0, 0.05) is 13.1 Å². The first-order valence-electron chi connectivity index (χ1n) is 7.02. The second-order valence-corrected chi connectivity index (χ2v) is 5.66. The summed E-state index contributed by atoms with van der Waals surface area (Å²) in [5.74, 6) is 0. The molecule has 23 heavy (non-hydrogen) atoms. The van der Waals surface area contributed by atoms with E-state index in [-0.39, 0.29) is 12.5 Å². The predicted octanol–water partition coefficient (Wildman–Crippen LogP) is 4.94. The average Bonchev–Trinajstić information content (AvgIpc) is 2.55. The number of para-hydroxylation sites is 1. The Morgan fingerprint density at radius 2 is 1.74 bits per heavy atom. The lowest BCUT2D eigenvalue weighted by molar-refractivity contribution is 0.210. The fraction of sp³-hybridized carbons (Fsp3) is 0.176. The van der Waals surface area contributed by atoms with Gasteiger partial charge in [0.15, 0.2) is 0 Å². The molecule has 0 saturated carbocycles. The third-order valence-electron chi connectivity index (χ3n) is 3.19. The van der Waals surface area contributed by atoms with E-state index in [1.807, 2.05) is 30.3 Å². The molecule has 0 radical (unpaired) electrons. The summed E-state index contributed by atoms with van der Waals surface area (Å²) in [6, 6.07) is 16.3. The van der Waals surface area contributed by atoms with Crippen LogP contribution >= 0.6 is 23.2 Å². The number of carbonyl (C=O) groups is 1. The minimum Gasteiger partial charge on any atom is -0.319 e. The SMILES string of the molecule is N#CCCN(Cc1ccccc1)C(=O)Nc1c(Cl)cccc1Cl. The molecule has 0 saturated heterocycles. The number of anilines is 1. The lowest BCUT2D eigenvalue weighted by Crippen LogP contribution is -2.35. The van der Waals surface area contributed by atoms with Gasteiger partial charge in [0.2, 0.25) is 0 Å². The Labute approximate surface area is 145 Å². The molecule has 118 valence electrons. The van der Waals surface area contributed by atoms with E-state index in [1.165, 1.54) is 0 Å². The van der Waals surface area contributed by atoms with Crippen molar-refractivity contribution in [1.82, 2.24) is 4.90 Å². The van der Waals surface area contributed by atoms with Crippen LogP contribution < -0.4 is 5.32 Å². The first kappa shape index (κ1) is 17.1. The molecule has 0 aliphatic rings. The van der Waals surface area contributed by atoms with E-state index < -0.39 is 0 Å². The van der Waals surface area contributed by atoms with Gasteiger partial charge in [-0.3, -0.25) is 0 Å². The van der Waals surface area contributed by atoms with Crippen LogP contribution in [0.1, 0.15) is 12.0 Å². The van der Waals surface area contributed by atoms with Crippen LogP contribution in [0.5, 0.6) is 0 Å². The number of amides is 2. The van der Waals surface area contributed by atoms with Gasteiger partial charge < -0.3 is 10.2 Å². The Hall–Kier alpha value is -2.22. The molecule has 4 nitrogen and oxygen atoms in total. The number of urea groups is 1. The summed E-state index contributed by atoms with van der Waals surface area (Å²) in [7, 11) is 0. The minimum absolute atomic E-state index is 0.247. The van der Waals surface area contributed by atoms with Crippen LogP contribution in [0.15, 0.2) is 48.5 Å². The Bertz CT molecular complexity index is 693. The van der Waals surface area contributed by atoms with E-state index in [1.54, 1.807) is 23.1 Å². The van der Waals surface area contributed by atoms with Crippen LogP contribution in [-0.4, -0.2) is 17.5 Å². The molecule has 0 aliphatic heterocycles. The van der Waals surface area contributed by atoms with Gasteiger partial charge in [0.05, 0.1) is 28.2 Å². The van der Waals surface area contributed by atoms with Crippen molar-refractivity contribution in [2.75, 3.05) is 11.9 Å². The van der Waals surface area contributed by atoms with Crippen molar-refractivity contribution >= 4 is 34.9 Å². The normalized spacial score (nSPS) is 9.96. The monoisotopic (exact) mass is 347 g/mol. The molecule has 1 N–H and O–H groups in total. The summed E-state index contributed by atoms with van der Waals surface area (Å²) in [6.45, 7) is 0.718. The molecule has 0 heterocycles. The summed E-state index contributed by atoms with van der Waals surface area (Å²) in [5, 5.41) is 12.2. The van der Waals surface area contributed by atoms with Crippen LogP contribution in [0.25, 0.3) is 0 Å². The number of carbonyl (C=O) groups excluding carboxylic acids is 1. The number of nitrogens with zero attached hydrogens (tertiary/aromatic N) is 2. The van der Waals surface area contributed by atoms with Crippen molar-refractivity contribution in [2.45, 2.75) is 13.0 Å². The smallest absolute Gasteiger partial charge is 0.319 e. The van der Waals surface area contributed by atoms with Crippen molar-refractivity contribution in [3.05, 3.63) is 64.1 Å². The zero-order chi connectivity index (χ0) is 16.7. The Morgan fingerprint density at radius 3 is 2.35 bits per heavy atom. The molecule has 2 rings (SSSR count). The number of hydrogen-bond donors (Lipinski definition) is 1. The van der Waals surface area contributed by atoms with Gasteiger partial charge in [0.1, 0.15) is 0 Å². The molecule has 0 unspecified atom stereocenters. The Morgan fingerprint density at radius 1 is 1.09 bits per heavy atom. The standard InChI is InChI=1S/C17H15Cl2N3O/c18-14-8-4-9-15(19)16(14)21-17(23)22(11-5-10-20)12-13-6-2-1-3-7-13/h1-4,6-9H,5,11-12H2,(H,21,23). The summed E-state index contributed by atoms with van der Waals surface area (Å²) >= 11 is 12.1. The van der Waals surface area contributed by atoms with Crippen LogP contribution in [0.2, 0.25) is 10.0 Å². The van der Waals surface area contributed by atoms with Crippen LogP contribution in [0.3, 0.4) is 0 Å². The van der Waals surface area contributed by atoms with Crippen LogP contribution in [-0.2, 0) is 6.54 Å². The van der Waals surface area contributed by atoms with Crippen molar-refractivity contribution in [3.8, 4) is 6.07 Å². The quantitative estimate of drug-likeness (QED) is 0.832. The molecular weight excluding hydrogens is 333 g/mol. The molecule has 0 atom stereocenters. The maximum atomic E-state index is 12.5. The summed E-state index contributed by atoms with van der Waals surface area (Å²) in [6.07, 6.45) is 0.247. The van der Waals surface area contributed by atoms with Gasteiger partial charge in [0.25, 0.3) is 0 Å². The zero-order valence-corrected chi connectivity index (χ0v) is 13.8. The minimum atomic E-state index is -0.348. The third-order valence-corrected chi connectivity index (χ3v) is 3.82. The van der Waals surface area contributed by atoms with E-state index in [0.29, 0.717) is 28.8 Å². The Kier molecular flexibility index (Phi) is 6.28. The number of nitrogens with one attached hydrogen (secondary N) is 1. The topological polar surface area (TPSA) is 56.1 Å². The van der Waals surface area contributed by atoms with Gasteiger partial charge in [-0.2, -0.15) is 5.26 Å². The van der Waals surface area contributed by atoms with Gasteiger partial charge in [-0.15, -0.1) is 0 Å². The van der Waals surface area contributed by atoms with Crippen LogP contribution in [0.4, 0.5) is 10.5 Å². The lowest BCUT2D eigenvalue weighted by atomic mass is 10.2. The number of hydrogen-bond acceptors (Lipinski definition) is 2. The number of halogens is 2. The van der Waals surface area contributed by atoms with E-state index in [0.717, 1.165) is 5.56 Å². The average molecular weight is 348 g/mol. The van der Waals surface area contributed by atoms with Gasteiger partial charge >= 0.3 is 6.03 Å². The first-order valence-corrected chi connectivity index (χ1v) is 7.78. The summed E-state index contributed by atoms with van der Waals surface area (Å²) in [5.41, 5.74) is 1.35. The fourth-order valence-electron chi connectivity index (χ4n) is 2.04. The predicted molar refractivity (Wildman–Crippen MR) is 92.6 cm³/mol. The molecule has 2 amide bonds. The van der Waals surface area contributed by atoms with Crippen molar-refractivity contribution in [1.29, 1.82) is 5.26 Å². The second kappa shape index (κ2) is 8.42. The van der Waals surface area contributed by atoms with Crippen molar-refractivity contribution in [3.63, 3.8) is 0 Å². The highest BCUT2D eigenvalue weighted by Gasteiger charge is 2.16. The largest absolute Gasteiger partial charge is 0.322 e. The zero-order valence-electron chi connectivity index (χ0n) is 12.3. The molecule has 0 fully saturated rings. The van der Waals surface area contributed by atoms with Gasteiger partial charge in [-0.1, -0.05) is 59.6 Å². The molecule has 0 aromatic heterocycles. The van der Waals surface area contributed by atoms with E-state index in [4.69, 9.17) is 28.5 Å². The second-order valence-electron chi connectivity index (χ2n) is 4.84. The van der Waals surface area contributed by atoms with Crippen molar-refractivity contribution in [2.24, 2.45) is 0 Å². The molecule has 0 bridgehead atoms. The highest BCUT2D eigenvalue weighted by Crippen LogP contribution is 2.30. The molecule has 2 aromatic rings. The Balaban J connectivity index is 2.15. The lowest BCUT2D eigenvalue weighted by Gasteiger charge is -2.23. The number of rotatable bonds is 5. The van der Waals surface area contributed by atoms with E-state index >= 15 is 0 Å². The number of benzene rings is 2. The highest BCUT2D eigenvalue weighted by atomic mass is 35.5. The van der Waals surface area contributed by atoms with E-state index in [2.05, 4.69) is 11.4 Å². The summed E-state index contributed by atoms with van der Waals surface area (Å²) in [4.78, 5) is 14.1. The van der Waals surface area contributed by atoms with Gasteiger partial charge in [-0.25, -0.2) is 4.79 Å². The molecule has 2 aromatic carbocycles. The van der Waals surface area contributed by atoms with E-state index in [9.17, 15) is 4.79 Å².